The van der Waals surface area contributed by atoms with Crippen molar-refractivity contribution in [1.29, 1.82) is 0 Å². The summed E-state index contributed by atoms with van der Waals surface area (Å²) in [5.41, 5.74) is 1.47. The van der Waals surface area contributed by atoms with Crippen LogP contribution in [0, 0.1) is 5.82 Å². The average molecular weight is 511 g/mol. The number of benzene rings is 2. The van der Waals surface area contributed by atoms with Gasteiger partial charge in [-0.1, -0.05) is 55.3 Å². The first-order chi connectivity index (χ1) is 15.7. The van der Waals surface area contributed by atoms with E-state index in [4.69, 9.17) is 27.9 Å². The van der Waals surface area contributed by atoms with Crippen molar-refractivity contribution in [3.05, 3.63) is 82.1 Å². The number of carbonyl (C=O) groups excluding carboxylic acids is 1. The van der Waals surface area contributed by atoms with Gasteiger partial charge in [0, 0.05) is 22.5 Å². The summed E-state index contributed by atoms with van der Waals surface area (Å²) in [5.74, 6) is 0.399. The molecule has 0 spiro atoms. The zero-order chi connectivity index (χ0) is 24.1. The Balaban J connectivity index is 2.08. The van der Waals surface area contributed by atoms with Gasteiger partial charge in [0.05, 0.1) is 6.04 Å². The van der Waals surface area contributed by atoms with Gasteiger partial charge in [-0.2, -0.15) is 11.8 Å². The maximum atomic E-state index is 14.3. The summed E-state index contributed by atoms with van der Waals surface area (Å²) in [5, 5.41) is 1.40. The number of rotatable bonds is 9. The van der Waals surface area contributed by atoms with E-state index >= 15 is 0 Å². The SMILES string of the molecule is C=CCC1O[C@H](c2cc(F)cc(Cl)c2)[C@@H](c2ccc(Cl)cc2)N([C@@H](C)CCSC(C)C)C1=O. The van der Waals surface area contributed by atoms with Crippen LogP contribution in [0.25, 0.3) is 0 Å². The van der Waals surface area contributed by atoms with E-state index in [1.54, 1.807) is 24.3 Å². The van der Waals surface area contributed by atoms with Crippen LogP contribution in [0.3, 0.4) is 0 Å². The van der Waals surface area contributed by atoms with E-state index in [2.05, 4.69) is 27.4 Å². The number of carbonyl (C=O) groups is 1. The van der Waals surface area contributed by atoms with Gasteiger partial charge >= 0.3 is 0 Å². The summed E-state index contributed by atoms with van der Waals surface area (Å²) in [7, 11) is 0. The standard InChI is InChI=1S/C26H30Cl2FNO2S/c1-5-6-23-26(31)30(17(4)11-12-33-16(2)3)24(18-7-9-20(27)10-8-18)25(32-23)19-13-21(28)15-22(29)14-19/h5,7-10,13-17,23-25H,1,6,11-12H2,2-4H3/t17-,23?,24+,25+/m0/s1. The quantitative estimate of drug-likeness (QED) is 0.325. The van der Waals surface area contributed by atoms with E-state index in [9.17, 15) is 9.18 Å². The first-order valence-corrected chi connectivity index (χ1v) is 12.9. The highest BCUT2D eigenvalue weighted by atomic mass is 35.5. The fourth-order valence-electron chi connectivity index (χ4n) is 4.17. The number of ether oxygens (including phenoxy) is 1. The van der Waals surface area contributed by atoms with Gasteiger partial charge in [0.25, 0.3) is 5.91 Å². The molecule has 1 amide bonds. The number of nitrogens with zero attached hydrogens (tertiary/aromatic N) is 1. The minimum Gasteiger partial charge on any atom is -0.358 e. The number of hydrogen-bond acceptors (Lipinski definition) is 3. The van der Waals surface area contributed by atoms with E-state index in [0.717, 1.165) is 17.7 Å². The van der Waals surface area contributed by atoms with E-state index in [1.807, 2.05) is 28.8 Å². The molecule has 0 bridgehead atoms. The highest BCUT2D eigenvalue weighted by molar-refractivity contribution is 7.99. The molecule has 1 aliphatic rings. The van der Waals surface area contributed by atoms with Crippen molar-refractivity contribution in [2.24, 2.45) is 0 Å². The topological polar surface area (TPSA) is 29.5 Å². The van der Waals surface area contributed by atoms with Crippen LogP contribution in [0.2, 0.25) is 10.0 Å². The summed E-state index contributed by atoms with van der Waals surface area (Å²) < 4.78 is 20.7. The summed E-state index contributed by atoms with van der Waals surface area (Å²) in [6.07, 6.45) is 1.59. The lowest BCUT2D eigenvalue weighted by Crippen LogP contribution is -2.54. The van der Waals surface area contributed by atoms with Crippen LogP contribution >= 0.6 is 35.0 Å². The third-order valence-corrected chi connectivity index (χ3v) is 7.30. The molecule has 4 atom stereocenters. The first kappa shape index (κ1) is 26.1. The van der Waals surface area contributed by atoms with Crippen molar-refractivity contribution in [3.63, 3.8) is 0 Å². The molecule has 1 fully saturated rings. The molecule has 1 saturated heterocycles. The number of hydrogen-bond donors (Lipinski definition) is 0. The van der Waals surface area contributed by atoms with Crippen LogP contribution < -0.4 is 0 Å². The second-order valence-corrected chi connectivity index (χ2v) is 11.1. The summed E-state index contributed by atoms with van der Waals surface area (Å²) in [4.78, 5) is 15.5. The number of thioether (sulfide) groups is 1. The monoisotopic (exact) mass is 509 g/mol. The van der Waals surface area contributed by atoms with Gasteiger partial charge in [0.2, 0.25) is 0 Å². The molecule has 2 aromatic rings. The molecule has 7 heteroatoms. The van der Waals surface area contributed by atoms with Gasteiger partial charge < -0.3 is 9.64 Å². The Morgan fingerprint density at radius 1 is 1.12 bits per heavy atom. The summed E-state index contributed by atoms with van der Waals surface area (Å²) >= 11 is 14.2. The smallest absolute Gasteiger partial charge is 0.252 e. The lowest BCUT2D eigenvalue weighted by Gasteiger charge is -2.47. The van der Waals surface area contributed by atoms with Gasteiger partial charge in [-0.3, -0.25) is 4.79 Å². The zero-order valence-electron chi connectivity index (χ0n) is 19.1. The Bertz CT molecular complexity index is 949. The van der Waals surface area contributed by atoms with Gasteiger partial charge in [-0.05, 0) is 65.8 Å². The molecular formula is C26H30Cl2FNO2S. The summed E-state index contributed by atoms with van der Waals surface area (Å²) in [6, 6.07) is 11.3. The normalized spacial score (nSPS) is 22.0. The Morgan fingerprint density at radius 3 is 2.42 bits per heavy atom. The van der Waals surface area contributed by atoms with Crippen molar-refractivity contribution in [1.82, 2.24) is 4.90 Å². The maximum Gasteiger partial charge on any atom is 0.252 e. The van der Waals surface area contributed by atoms with Crippen molar-refractivity contribution >= 4 is 40.9 Å². The van der Waals surface area contributed by atoms with Crippen LogP contribution in [-0.4, -0.2) is 34.0 Å². The van der Waals surface area contributed by atoms with Gasteiger partial charge in [0.1, 0.15) is 18.0 Å². The predicted octanol–water partition coefficient (Wildman–Crippen LogP) is 7.64. The average Bonchev–Trinajstić information content (AvgIpc) is 2.74. The van der Waals surface area contributed by atoms with Gasteiger partial charge in [0.15, 0.2) is 0 Å². The van der Waals surface area contributed by atoms with Crippen LogP contribution in [0.15, 0.2) is 55.1 Å². The molecular weight excluding hydrogens is 480 g/mol. The molecule has 0 saturated carbocycles. The molecule has 0 radical (unpaired) electrons. The largest absolute Gasteiger partial charge is 0.358 e. The third kappa shape index (κ3) is 6.54. The van der Waals surface area contributed by atoms with Crippen molar-refractivity contribution in [2.75, 3.05) is 5.75 Å². The van der Waals surface area contributed by atoms with E-state index in [1.165, 1.54) is 12.1 Å². The minimum atomic E-state index is -0.696. The molecule has 0 aliphatic carbocycles. The maximum absolute atomic E-state index is 14.3. The molecule has 178 valence electrons. The Hall–Kier alpha value is -1.53. The van der Waals surface area contributed by atoms with Crippen molar-refractivity contribution in [3.8, 4) is 0 Å². The Kier molecular flexibility index (Phi) is 9.28. The highest BCUT2D eigenvalue weighted by Gasteiger charge is 2.45. The molecule has 0 N–H and O–H groups in total. The fourth-order valence-corrected chi connectivity index (χ4v) is 5.47. The summed E-state index contributed by atoms with van der Waals surface area (Å²) in [6.45, 7) is 10.2. The van der Waals surface area contributed by atoms with Crippen LogP contribution in [0.1, 0.15) is 56.9 Å². The van der Waals surface area contributed by atoms with E-state index < -0.39 is 24.1 Å². The van der Waals surface area contributed by atoms with Crippen LogP contribution in [0.4, 0.5) is 4.39 Å². The number of amides is 1. The molecule has 1 unspecified atom stereocenters. The second kappa shape index (κ2) is 11.7. The Labute approximate surface area is 210 Å². The van der Waals surface area contributed by atoms with Crippen molar-refractivity contribution in [2.45, 2.75) is 63.2 Å². The molecule has 2 aromatic carbocycles. The molecule has 0 aromatic heterocycles. The lowest BCUT2D eigenvalue weighted by atomic mass is 9.89. The third-order valence-electron chi connectivity index (χ3n) is 5.69. The molecule has 33 heavy (non-hydrogen) atoms. The van der Waals surface area contributed by atoms with Crippen LogP contribution in [0.5, 0.6) is 0 Å². The fraction of sp³-hybridized carbons (Fsp3) is 0.423. The second-order valence-electron chi connectivity index (χ2n) is 8.57. The highest BCUT2D eigenvalue weighted by Crippen LogP contribution is 2.45. The minimum absolute atomic E-state index is 0.0489. The number of morpholine rings is 1. The van der Waals surface area contributed by atoms with E-state index in [0.29, 0.717) is 22.3 Å². The molecule has 1 aliphatic heterocycles. The van der Waals surface area contributed by atoms with Gasteiger partial charge in [-0.25, -0.2) is 4.39 Å². The van der Waals surface area contributed by atoms with Crippen LogP contribution in [-0.2, 0) is 9.53 Å². The van der Waals surface area contributed by atoms with Gasteiger partial charge in [-0.15, -0.1) is 6.58 Å². The van der Waals surface area contributed by atoms with E-state index in [-0.39, 0.29) is 17.0 Å². The first-order valence-electron chi connectivity index (χ1n) is 11.1. The Morgan fingerprint density at radius 2 is 1.82 bits per heavy atom. The predicted molar refractivity (Wildman–Crippen MR) is 137 cm³/mol. The lowest BCUT2D eigenvalue weighted by molar-refractivity contribution is -0.178. The zero-order valence-corrected chi connectivity index (χ0v) is 21.5. The molecule has 3 nitrogen and oxygen atoms in total. The number of halogens is 3. The van der Waals surface area contributed by atoms with Crippen molar-refractivity contribution < 1.29 is 13.9 Å². The molecule has 3 rings (SSSR count). The molecule has 1 heterocycles.